The molecule has 0 saturated heterocycles. The van der Waals surface area contributed by atoms with E-state index in [1.807, 2.05) is 0 Å². The Bertz CT molecular complexity index is 244. The molecule has 1 rings (SSSR count). The molecule has 4 nitrogen and oxygen atoms in total. The average molecular weight is 258 g/mol. The lowest BCUT2D eigenvalue weighted by molar-refractivity contribution is -0.153. The molecular weight excluding hydrogens is 232 g/mol. The van der Waals surface area contributed by atoms with Gasteiger partial charge in [0, 0.05) is 26.9 Å². The molecule has 1 aliphatic rings. The van der Waals surface area contributed by atoms with Gasteiger partial charge in [-0.3, -0.25) is 4.79 Å². The first kappa shape index (κ1) is 15.4. The van der Waals surface area contributed by atoms with Gasteiger partial charge in [-0.05, 0) is 44.4 Å². The lowest BCUT2D eigenvalue weighted by atomic mass is 9.69. The normalized spacial score (nSPS) is 28.2. The van der Waals surface area contributed by atoms with Gasteiger partial charge in [0.15, 0.2) is 0 Å². The van der Waals surface area contributed by atoms with Crippen LogP contribution in [-0.4, -0.2) is 38.0 Å². The second-order valence-electron chi connectivity index (χ2n) is 5.48. The molecule has 18 heavy (non-hydrogen) atoms. The zero-order valence-corrected chi connectivity index (χ0v) is 11.6. The summed E-state index contributed by atoms with van der Waals surface area (Å²) < 4.78 is 10.4. The SMILES string of the molecule is COCCCOCCC1(C(=O)O)CCC(C)CC1. The van der Waals surface area contributed by atoms with Crippen molar-refractivity contribution in [1.82, 2.24) is 0 Å². The van der Waals surface area contributed by atoms with Crippen LogP contribution in [0.25, 0.3) is 0 Å². The van der Waals surface area contributed by atoms with E-state index in [0.717, 1.165) is 32.1 Å². The summed E-state index contributed by atoms with van der Waals surface area (Å²) in [4.78, 5) is 11.5. The molecule has 1 N–H and O–H groups in total. The molecule has 1 aliphatic carbocycles. The minimum atomic E-state index is -0.644. The third-order valence-electron chi connectivity index (χ3n) is 4.05. The maximum absolute atomic E-state index is 11.5. The highest BCUT2D eigenvalue weighted by atomic mass is 16.5. The Morgan fingerprint density at radius 3 is 2.50 bits per heavy atom. The third kappa shape index (κ3) is 4.58. The Balaban J connectivity index is 2.28. The number of hydrogen-bond acceptors (Lipinski definition) is 3. The summed E-state index contributed by atoms with van der Waals surface area (Å²) in [6, 6.07) is 0. The van der Waals surface area contributed by atoms with E-state index in [1.54, 1.807) is 7.11 Å². The average Bonchev–Trinajstić information content (AvgIpc) is 2.36. The fraction of sp³-hybridized carbons (Fsp3) is 0.929. The first-order valence-corrected chi connectivity index (χ1v) is 6.91. The van der Waals surface area contributed by atoms with E-state index in [1.165, 1.54) is 0 Å². The second kappa shape index (κ2) is 7.74. The predicted molar refractivity (Wildman–Crippen MR) is 69.6 cm³/mol. The third-order valence-corrected chi connectivity index (χ3v) is 4.05. The molecule has 106 valence electrons. The summed E-state index contributed by atoms with van der Waals surface area (Å²) in [5.41, 5.74) is -0.534. The summed E-state index contributed by atoms with van der Waals surface area (Å²) in [6.45, 7) is 4.10. The van der Waals surface area contributed by atoms with Crippen molar-refractivity contribution in [2.45, 2.75) is 45.4 Å². The Kier molecular flexibility index (Phi) is 6.65. The molecule has 4 heteroatoms. The molecule has 0 spiro atoms. The van der Waals surface area contributed by atoms with Crippen LogP contribution in [0.5, 0.6) is 0 Å². The summed E-state index contributed by atoms with van der Waals surface area (Å²) in [6.07, 6.45) is 5.15. The topological polar surface area (TPSA) is 55.8 Å². The van der Waals surface area contributed by atoms with Gasteiger partial charge in [-0.15, -0.1) is 0 Å². The maximum atomic E-state index is 11.5. The van der Waals surface area contributed by atoms with Crippen LogP contribution in [0.1, 0.15) is 45.4 Å². The lowest BCUT2D eigenvalue weighted by Gasteiger charge is -2.35. The van der Waals surface area contributed by atoms with Crippen LogP contribution in [0.3, 0.4) is 0 Å². The van der Waals surface area contributed by atoms with Gasteiger partial charge in [-0.2, -0.15) is 0 Å². The number of hydrogen-bond donors (Lipinski definition) is 1. The molecule has 0 atom stereocenters. The maximum Gasteiger partial charge on any atom is 0.309 e. The Labute approximate surface area is 110 Å². The summed E-state index contributed by atoms with van der Waals surface area (Å²) in [7, 11) is 1.67. The zero-order chi connectivity index (χ0) is 13.4. The summed E-state index contributed by atoms with van der Waals surface area (Å²) in [5.74, 6) is 0.0231. The lowest BCUT2D eigenvalue weighted by Crippen LogP contribution is -2.36. The van der Waals surface area contributed by atoms with Crippen molar-refractivity contribution in [3.8, 4) is 0 Å². The first-order valence-electron chi connectivity index (χ1n) is 6.91. The molecule has 0 unspecified atom stereocenters. The van der Waals surface area contributed by atoms with Gasteiger partial charge < -0.3 is 14.6 Å². The zero-order valence-electron chi connectivity index (χ0n) is 11.6. The Hall–Kier alpha value is -0.610. The number of methoxy groups -OCH3 is 1. The van der Waals surface area contributed by atoms with Gasteiger partial charge >= 0.3 is 5.97 Å². The van der Waals surface area contributed by atoms with E-state index in [2.05, 4.69) is 6.92 Å². The smallest absolute Gasteiger partial charge is 0.309 e. The highest BCUT2D eigenvalue weighted by molar-refractivity contribution is 5.74. The number of carboxylic acids is 1. The van der Waals surface area contributed by atoms with Crippen molar-refractivity contribution in [3.05, 3.63) is 0 Å². The van der Waals surface area contributed by atoms with Crippen molar-refractivity contribution in [1.29, 1.82) is 0 Å². The van der Waals surface area contributed by atoms with Gasteiger partial charge in [0.1, 0.15) is 0 Å². The molecule has 0 bridgehead atoms. The van der Waals surface area contributed by atoms with Crippen LogP contribution in [0.15, 0.2) is 0 Å². The minimum Gasteiger partial charge on any atom is -0.481 e. The van der Waals surface area contributed by atoms with Gasteiger partial charge in [-0.1, -0.05) is 6.92 Å². The van der Waals surface area contributed by atoms with E-state index >= 15 is 0 Å². The van der Waals surface area contributed by atoms with E-state index in [9.17, 15) is 9.90 Å². The van der Waals surface area contributed by atoms with Crippen molar-refractivity contribution in [2.24, 2.45) is 11.3 Å². The summed E-state index contributed by atoms with van der Waals surface area (Å²) >= 11 is 0. The Morgan fingerprint density at radius 1 is 1.28 bits per heavy atom. The quantitative estimate of drug-likeness (QED) is 0.680. The van der Waals surface area contributed by atoms with Crippen molar-refractivity contribution in [3.63, 3.8) is 0 Å². The molecule has 0 aliphatic heterocycles. The standard InChI is InChI=1S/C14H26O4/c1-12-4-6-14(7-5-12,13(15)16)8-11-18-10-3-9-17-2/h12H,3-11H2,1-2H3,(H,15,16). The van der Waals surface area contributed by atoms with Crippen LogP contribution in [0.4, 0.5) is 0 Å². The van der Waals surface area contributed by atoms with E-state index in [-0.39, 0.29) is 0 Å². The number of aliphatic carboxylic acids is 1. The highest BCUT2D eigenvalue weighted by Crippen LogP contribution is 2.41. The van der Waals surface area contributed by atoms with E-state index < -0.39 is 11.4 Å². The second-order valence-corrected chi connectivity index (χ2v) is 5.48. The number of rotatable bonds is 8. The predicted octanol–water partition coefficient (Wildman–Crippen LogP) is 2.71. The summed E-state index contributed by atoms with van der Waals surface area (Å²) in [5, 5.41) is 9.44. The fourth-order valence-electron chi connectivity index (χ4n) is 2.56. The monoisotopic (exact) mass is 258 g/mol. The Morgan fingerprint density at radius 2 is 1.94 bits per heavy atom. The largest absolute Gasteiger partial charge is 0.481 e. The molecular formula is C14H26O4. The fourth-order valence-corrected chi connectivity index (χ4v) is 2.56. The van der Waals surface area contributed by atoms with E-state index in [4.69, 9.17) is 9.47 Å². The number of carbonyl (C=O) groups is 1. The molecule has 0 aromatic heterocycles. The molecule has 1 fully saturated rings. The van der Waals surface area contributed by atoms with Gasteiger partial charge in [0.05, 0.1) is 5.41 Å². The van der Waals surface area contributed by atoms with Crippen molar-refractivity contribution < 1.29 is 19.4 Å². The highest BCUT2D eigenvalue weighted by Gasteiger charge is 2.40. The number of carboxylic acid groups (broad SMARTS) is 1. The van der Waals surface area contributed by atoms with Crippen molar-refractivity contribution >= 4 is 5.97 Å². The van der Waals surface area contributed by atoms with Crippen LogP contribution >= 0.6 is 0 Å². The van der Waals surface area contributed by atoms with Gasteiger partial charge in [0.2, 0.25) is 0 Å². The molecule has 0 aromatic carbocycles. The van der Waals surface area contributed by atoms with E-state index in [0.29, 0.717) is 32.2 Å². The van der Waals surface area contributed by atoms with Crippen molar-refractivity contribution in [2.75, 3.05) is 26.9 Å². The molecule has 0 aromatic rings. The van der Waals surface area contributed by atoms with Crippen LogP contribution in [0.2, 0.25) is 0 Å². The number of ether oxygens (including phenoxy) is 2. The van der Waals surface area contributed by atoms with Crippen LogP contribution in [-0.2, 0) is 14.3 Å². The van der Waals surface area contributed by atoms with Gasteiger partial charge in [-0.25, -0.2) is 0 Å². The molecule has 1 saturated carbocycles. The molecule has 0 amide bonds. The molecule has 0 heterocycles. The first-order chi connectivity index (χ1) is 8.60. The van der Waals surface area contributed by atoms with Crippen LogP contribution < -0.4 is 0 Å². The minimum absolute atomic E-state index is 0.534. The van der Waals surface area contributed by atoms with Crippen LogP contribution in [0, 0.1) is 11.3 Å². The molecule has 0 radical (unpaired) electrons. The van der Waals surface area contributed by atoms with Gasteiger partial charge in [0.25, 0.3) is 0 Å².